The maximum atomic E-state index is 2.36. The van der Waals surface area contributed by atoms with Crippen LogP contribution in [0.15, 0.2) is 0 Å². The smallest absolute Gasteiger partial charge is 0.0302 e. The minimum absolute atomic E-state index is 0. The Labute approximate surface area is 57.9 Å². The molecular formula is C7H24Si. The molecule has 0 amide bonds. The van der Waals surface area contributed by atoms with Gasteiger partial charge >= 0.3 is 0 Å². The summed E-state index contributed by atoms with van der Waals surface area (Å²) >= 11 is 0. The Morgan fingerprint density at radius 2 is 1.12 bits per heavy atom. The Morgan fingerprint density at radius 3 is 1.12 bits per heavy atom. The highest BCUT2D eigenvalue weighted by atomic mass is 28.3. The van der Waals surface area contributed by atoms with Gasteiger partial charge in [0.15, 0.2) is 0 Å². The van der Waals surface area contributed by atoms with E-state index >= 15 is 0 Å². The lowest BCUT2D eigenvalue weighted by molar-refractivity contribution is 1.41. The molecule has 0 bridgehead atoms. The molecule has 0 saturated heterocycles. The van der Waals surface area contributed by atoms with Crippen molar-refractivity contribution in [1.82, 2.24) is 0 Å². The molecule has 1 heteroatoms. The Hall–Kier alpha value is 0.217. The average molecular weight is 136 g/mol. The molecule has 0 aliphatic carbocycles. The Morgan fingerprint density at radius 1 is 1.00 bits per heavy atom. The predicted molar refractivity (Wildman–Crippen MR) is 49.6 cm³/mol. The standard InChI is InChI=1S/C4H12Si.3CH4/c1-4-5(2)3;;;/h5H,4H2,1-3H3;3*1H4. The lowest BCUT2D eigenvalue weighted by Gasteiger charge is -1.87. The summed E-state index contributed by atoms with van der Waals surface area (Å²) < 4.78 is 0. The van der Waals surface area contributed by atoms with Crippen LogP contribution in [0, 0.1) is 0 Å². The van der Waals surface area contributed by atoms with E-state index < -0.39 is 0 Å². The van der Waals surface area contributed by atoms with Crippen molar-refractivity contribution in [2.75, 3.05) is 0 Å². The number of rotatable bonds is 1. The van der Waals surface area contributed by atoms with E-state index in [9.17, 15) is 0 Å². The quantitative estimate of drug-likeness (QED) is 0.485. The van der Waals surface area contributed by atoms with Gasteiger partial charge in [0.25, 0.3) is 0 Å². The second kappa shape index (κ2) is 15.7. The molecule has 56 valence electrons. The second-order valence-corrected chi connectivity index (χ2v) is 5.41. The molecular weight excluding hydrogens is 112 g/mol. The molecule has 0 aliphatic heterocycles. The van der Waals surface area contributed by atoms with Crippen LogP contribution >= 0.6 is 0 Å². The summed E-state index contributed by atoms with van der Waals surface area (Å²) in [5, 5.41) is 0. The van der Waals surface area contributed by atoms with Crippen molar-refractivity contribution in [3.63, 3.8) is 0 Å². The van der Waals surface area contributed by atoms with Gasteiger partial charge in [-0.25, -0.2) is 0 Å². The zero-order chi connectivity index (χ0) is 4.28. The number of hydrogen-bond donors (Lipinski definition) is 0. The van der Waals surface area contributed by atoms with Crippen molar-refractivity contribution in [1.29, 1.82) is 0 Å². The largest absolute Gasteiger partial charge is 0.0776 e. The highest BCUT2D eigenvalue weighted by Crippen LogP contribution is 1.83. The molecule has 0 aromatic heterocycles. The van der Waals surface area contributed by atoms with E-state index in [1.54, 1.807) is 0 Å². The SMILES string of the molecule is C.C.C.CC[SiH](C)C. The third kappa shape index (κ3) is 34.4. The van der Waals surface area contributed by atoms with Crippen LogP contribution < -0.4 is 0 Å². The van der Waals surface area contributed by atoms with Crippen LogP contribution in [0.5, 0.6) is 0 Å². The Bertz CT molecular complexity index is 18.3. The first-order valence-corrected chi connectivity index (χ1v) is 5.40. The number of hydrogen-bond acceptors (Lipinski definition) is 0. The summed E-state index contributed by atoms with van der Waals surface area (Å²) in [4.78, 5) is 0. The van der Waals surface area contributed by atoms with Crippen LogP contribution in [-0.4, -0.2) is 8.80 Å². The normalized spacial score (nSPS) is 6.00. The summed E-state index contributed by atoms with van der Waals surface area (Å²) in [6, 6.07) is 1.44. The molecule has 0 unspecified atom stereocenters. The van der Waals surface area contributed by atoms with Crippen molar-refractivity contribution >= 4 is 8.80 Å². The molecule has 0 N–H and O–H groups in total. The minimum atomic E-state index is -0.150. The summed E-state index contributed by atoms with van der Waals surface area (Å²) in [5.74, 6) is 0. The molecule has 0 aromatic carbocycles. The molecule has 0 saturated carbocycles. The highest BCUT2D eigenvalue weighted by molar-refractivity contribution is 6.55. The molecule has 0 rings (SSSR count). The van der Waals surface area contributed by atoms with Crippen molar-refractivity contribution in [3.05, 3.63) is 0 Å². The molecule has 0 atom stereocenters. The van der Waals surface area contributed by atoms with Crippen molar-refractivity contribution < 1.29 is 0 Å². The van der Waals surface area contributed by atoms with Crippen molar-refractivity contribution in [2.45, 2.75) is 48.3 Å². The molecule has 0 radical (unpaired) electrons. The van der Waals surface area contributed by atoms with E-state index in [-0.39, 0.29) is 31.1 Å². The molecule has 0 fully saturated rings. The highest BCUT2D eigenvalue weighted by Gasteiger charge is 1.82. The van der Waals surface area contributed by atoms with Crippen LogP contribution in [-0.2, 0) is 0 Å². The monoisotopic (exact) mass is 136 g/mol. The van der Waals surface area contributed by atoms with E-state index in [4.69, 9.17) is 0 Å². The van der Waals surface area contributed by atoms with Crippen molar-refractivity contribution in [2.24, 2.45) is 0 Å². The maximum absolute atomic E-state index is 2.36. The topological polar surface area (TPSA) is 0 Å². The zero-order valence-electron chi connectivity index (χ0n) is 4.28. The molecule has 0 heterocycles. The first kappa shape index (κ1) is 24.1. The first-order chi connectivity index (χ1) is 2.27. The van der Waals surface area contributed by atoms with E-state index in [1.165, 1.54) is 6.04 Å². The van der Waals surface area contributed by atoms with Gasteiger partial charge in [0.2, 0.25) is 0 Å². The van der Waals surface area contributed by atoms with Crippen LogP contribution in [0.4, 0.5) is 0 Å². The van der Waals surface area contributed by atoms with Gasteiger partial charge < -0.3 is 0 Å². The summed E-state index contributed by atoms with van der Waals surface area (Å²) in [5.41, 5.74) is 0. The van der Waals surface area contributed by atoms with Crippen LogP contribution in [0.3, 0.4) is 0 Å². The fraction of sp³-hybridized carbons (Fsp3) is 1.00. The van der Waals surface area contributed by atoms with E-state index in [2.05, 4.69) is 20.0 Å². The summed E-state index contributed by atoms with van der Waals surface area (Å²) in [6.45, 7) is 6.98. The van der Waals surface area contributed by atoms with Gasteiger partial charge in [-0.1, -0.05) is 48.3 Å². The van der Waals surface area contributed by atoms with Gasteiger partial charge in [-0.05, 0) is 0 Å². The Kier molecular flexibility index (Phi) is 47.2. The van der Waals surface area contributed by atoms with Crippen molar-refractivity contribution in [3.8, 4) is 0 Å². The lowest BCUT2D eigenvalue weighted by atomic mass is 11.0. The lowest BCUT2D eigenvalue weighted by Crippen LogP contribution is -1.92. The van der Waals surface area contributed by atoms with Gasteiger partial charge in [-0.2, -0.15) is 0 Å². The molecule has 0 aromatic rings. The second-order valence-electron chi connectivity index (χ2n) is 1.80. The fourth-order valence-electron chi connectivity index (χ4n) is 0. The van der Waals surface area contributed by atoms with Crippen LogP contribution in [0.1, 0.15) is 29.2 Å². The van der Waals surface area contributed by atoms with Gasteiger partial charge in [0.05, 0.1) is 0 Å². The molecule has 8 heavy (non-hydrogen) atoms. The molecule has 0 aliphatic rings. The van der Waals surface area contributed by atoms with E-state index in [0.717, 1.165) is 0 Å². The van der Waals surface area contributed by atoms with Gasteiger partial charge in [-0.15, -0.1) is 0 Å². The van der Waals surface area contributed by atoms with Gasteiger partial charge in [0, 0.05) is 8.80 Å². The van der Waals surface area contributed by atoms with E-state index in [0.29, 0.717) is 0 Å². The van der Waals surface area contributed by atoms with Gasteiger partial charge in [0.1, 0.15) is 0 Å². The zero-order valence-corrected chi connectivity index (χ0v) is 5.44. The Balaban J connectivity index is -0.0000000267. The minimum Gasteiger partial charge on any atom is -0.0776 e. The third-order valence-electron chi connectivity index (χ3n) is 0.816. The maximum Gasteiger partial charge on any atom is 0.0302 e. The fourth-order valence-corrected chi connectivity index (χ4v) is 0. The summed E-state index contributed by atoms with van der Waals surface area (Å²) in [7, 11) is -0.150. The first-order valence-electron chi connectivity index (χ1n) is 2.27. The van der Waals surface area contributed by atoms with Crippen LogP contribution in [0.25, 0.3) is 0 Å². The predicted octanol–water partition coefficient (Wildman–Crippen LogP) is 3.40. The van der Waals surface area contributed by atoms with E-state index in [1.807, 2.05) is 0 Å². The van der Waals surface area contributed by atoms with Crippen LogP contribution in [0.2, 0.25) is 19.1 Å². The molecule has 0 nitrogen and oxygen atoms in total. The third-order valence-corrected chi connectivity index (χ3v) is 2.45. The summed E-state index contributed by atoms with van der Waals surface area (Å²) in [6.07, 6.45) is 0. The van der Waals surface area contributed by atoms with Gasteiger partial charge in [-0.3, -0.25) is 0 Å². The molecule has 0 spiro atoms. The average Bonchev–Trinajstić information content (AvgIpc) is 1.38.